The molecule has 3 rings (SSSR count). The first kappa shape index (κ1) is 27.0. The highest BCUT2D eigenvalue weighted by molar-refractivity contribution is 7.85. The maximum Gasteiger partial charge on any atom is 0.299 e. The Kier molecular flexibility index (Phi) is 10.0. The second-order valence-corrected chi connectivity index (χ2v) is 9.36. The fourth-order valence-electron chi connectivity index (χ4n) is 3.60. The number of thiocarbonyl (C=S) groups is 1. The van der Waals surface area contributed by atoms with E-state index in [1.807, 2.05) is 35.2 Å². The lowest BCUT2D eigenvalue weighted by molar-refractivity contribution is -0.122. The number of allylic oxidation sites excluding steroid dienone is 1. The number of amides is 1. The Morgan fingerprint density at radius 1 is 1.03 bits per heavy atom. The summed E-state index contributed by atoms with van der Waals surface area (Å²) in [5.74, 6) is -0.572. The first-order valence-electron chi connectivity index (χ1n) is 11.2. The number of rotatable bonds is 8. The Bertz CT molecular complexity index is 1010. The zero-order valence-electron chi connectivity index (χ0n) is 19.7. The Hall–Kier alpha value is -2.27. The lowest BCUT2D eigenvalue weighted by atomic mass is 10.0. The minimum absolute atomic E-state index is 0.102. The van der Waals surface area contributed by atoms with Gasteiger partial charge in [-0.15, -0.1) is 0 Å². The van der Waals surface area contributed by atoms with Gasteiger partial charge in [0.2, 0.25) is 5.76 Å². The Morgan fingerprint density at radius 2 is 1.67 bits per heavy atom. The molecule has 0 atom stereocenters. The minimum atomic E-state index is -4.06. The summed E-state index contributed by atoms with van der Waals surface area (Å²) in [5.41, 5.74) is 2.27. The van der Waals surface area contributed by atoms with Crippen LogP contribution in [-0.2, 0) is 19.6 Å². The fraction of sp³-hybridized carbons (Fsp3) is 0.478. The zero-order chi connectivity index (χ0) is 24.6. The van der Waals surface area contributed by atoms with Gasteiger partial charge in [-0.3, -0.25) is 14.2 Å². The van der Waals surface area contributed by atoms with Crippen molar-refractivity contribution in [3.8, 4) is 0 Å². The van der Waals surface area contributed by atoms with E-state index in [2.05, 4.69) is 25.7 Å². The molecule has 1 fully saturated rings. The van der Waals surface area contributed by atoms with Crippen LogP contribution in [0.2, 0.25) is 0 Å². The smallest absolute Gasteiger partial charge is 0.299 e. The largest absolute Gasteiger partial charge is 0.423 e. The molecule has 2 heterocycles. The molecule has 0 radical (unpaired) electrons. The van der Waals surface area contributed by atoms with E-state index in [4.69, 9.17) is 21.5 Å². The van der Waals surface area contributed by atoms with Crippen LogP contribution in [0.5, 0.6) is 0 Å². The van der Waals surface area contributed by atoms with E-state index >= 15 is 0 Å². The molecular formula is C23H33N3O5S2. The molecule has 8 nitrogen and oxygen atoms in total. The van der Waals surface area contributed by atoms with Crippen LogP contribution < -0.4 is 4.90 Å². The molecule has 1 aromatic rings. The standard InChI is InChI=1S/C17H18N2O5S2.C6H15N/c1-2-18-16(20)15(24-17(18)25)14-9-8-12-6-3-4-7-13(12)19(14)10-5-11-26(21,22)23;1-4-7(5-2)6-3/h3-4,6-9H,2,5,10-11H2,1H3,(H,21,22,23);4-6H2,1-3H3. The van der Waals surface area contributed by atoms with Crippen LogP contribution in [0.25, 0.3) is 6.08 Å². The summed E-state index contributed by atoms with van der Waals surface area (Å²) in [4.78, 5) is 18.1. The number of ether oxygens (including phenoxy) is 1. The number of likely N-dealkylation sites (N-methyl/N-ethyl adjacent to an activating group) is 1. The Morgan fingerprint density at radius 3 is 2.18 bits per heavy atom. The number of benzene rings is 1. The van der Waals surface area contributed by atoms with Gasteiger partial charge in [0.1, 0.15) is 0 Å². The summed E-state index contributed by atoms with van der Waals surface area (Å²) in [7, 11) is -4.06. The molecular weight excluding hydrogens is 462 g/mol. The van der Waals surface area contributed by atoms with Gasteiger partial charge in [0.25, 0.3) is 21.2 Å². The number of nitrogens with zero attached hydrogens (tertiary/aromatic N) is 3. The highest BCUT2D eigenvalue weighted by Crippen LogP contribution is 2.34. The van der Waals surface area contributed by atoms with Gasteiger partial charge in [0.05, 0.1) is 11.4 Å². The molecule has 2 aliphatic heterocycles. The van der Waals surface area contributed by atoms with Crippen molar-refractivity contribution in [3.05, 3.63) is 47.4 Å². The molecule has 0 bridgehead atoms. The fourth-order valence-corrected chi connectivity index (χ4v) is 4.39. The lowest BCUT2D eigenvalue weighted by Crippen LogP contribution is -2.31. The topological polar surface area (TPSA) is 90.4 Å². The average molecular weight is 496 g/mol. The van der Waals surface area contributed by atoms with Gasteiger partial charge in [0.15, 0.2) is 0 Å². The number of hydrogen-bond donors (Lipinski definition) is 1. The highest BCUT2D eigenvalue weighted by Gasteiger charge is 2.36. The summed E-state index contributed by atoms with van der Waals surface area (Å²) < 4.78 is 36.6. The van der Waals surface area contributed by atoms with Crippen molar-refractivity contribution in [3.63, 3.8) is 0 Å². The van der Waals surface area contributed by atoms with Crippen molar-refractivity contribution in [1.82, 2.24) is 9.80 Å². The summed E-state index contributed by atoms with van der Waals surface area (Å²) >= 11 is 5.11. The predicted octanol–water partition coefficient (Wildman–Crippen LogP) is 3.52. The van der Waals surface area contributed by atoms with Crippen molar-refractivity contribution in [2.45, 2.75) is 34.1 Å². The molecule has 1 saturated heterocycles. The number of anilines is 1. The molecule has 1 aromatic carbocycles. The third-order valence-electron chi connectivity index (χ3n) is 5.46. The van der Waals surface area contributed by atoms with E-state index in [0.717, 1.165) is 11.3 Å². The average Bonchev–Trinajstić information content (AvgIpc) is 3.07. The second kappa shape index (κ2) is 12.3. The Labute approximate surface area is 202 Å². The monoisotopic (exact) mass is 495 g/mol. The molecule has 0 spiro atoms. The number of fused-ring (bicyclic) bond motifs is 1. The summed E-state index contributed by atoms with van der Waals surface area (Å²) in [5, 5.41) is 0.102. The maximum atomic E-state index is 12.6. The molecule has 2 aliphatic rings. The van der Waals surface area contributed by atoms with Gasteiger partial charge >= 0.3 is 0 Å². The summed E-state index contributed by atoms with van der Waals surface area (Å²) in [6, 6.07) is 7.55. The first-order chi connectivity index (χ1) is 15.7. The van der Waals surface area contributed by atoms with Crippen molar-refractivity contribution in [2.24, 2.45) is 0 Å². The predicted molar refractivity (Wildman–Crippen MR) is 135 cm³/mol. The normalized spacial score (nSPS) is 17.8. The van der Waals surface area contributed by atoms with Crippen molar-refractivity contribution >= 4 is 45.2 Å². The van der Waals surface area contributed by atoms with E-state index < -0.39 is 10.1 Å². The summed E-state index contributed by atoms with van der Waals surface area (Å²) in [6.07, 6.45) is 3.81. The second-order valence-electron chi connectivity index (χ2n) is 7.43. The molecule has 0 aromatic heterocycles. The van der Waals surface area contributed by atoms with Gasteiger partial charge in [-0.2, -0.15) is 8.42 Å². The van der Waals surface area contributed by atoms with Crippen LogP contribution in [0.1, 0.15) is 39.7 Å². The number of para-hydroxylation sites is 1. The van der Waals surface area contributed by atoms with E-state index in [0.29, 0.717) is 12.2 Å². The van der Waals surface area contributed by atoms with Gasteiger partial charge < -0.3 is 14.5 Å². The van der Waals surface area contributed by atoms with E-state index in [-0.39, 0.29) is 35.6 Å². The third kappa shape index (κ3) is 7.10. The molecule has 182 valence electrons. The molecule has 0 unspecified atom stereocenters. The highest BCUT2D eigenvalue weighted by atomic mass is 32.2. The number of carbonyl (C=O) groups excluding carboxylic acids is 1. The molecule has 10 heteroatoms. The van der Waals surface area contributed by atoms with Crippen LogP contribution >= 0.6 is 12.2 Å². The van der Waals surface area contributed by atoms with Crippen molar-refractivity contribution in [1.29, 1.82) is 0 Å². The van der Waals surface area contributed by atoms with Crippen LogP contribution in [0.15, 0.2) is 41.8 Å². The van der Waals surface area contributed by atoms with Crippen LogP contribution in [0, 0.1) is 0 Å². The number of carbonyl (C=O) groups is 1. The van der Waals surface area contributed by atoms with E-state index in [1.54, 1.807) is 13.0 Å². The Balaban J connectivity index is 0.000000479. The van der Waals surface area contributed by atoms with Gasteiger partial charge in [0, 0.05) is 18.8 Å². The van der Waals surface area contributed by atoms with Gasteiger partial charge in [-0.05, 0) is 62.9 Å². The molecule has 0 saturated carbocycles. The summed E-state index contributed by atoms with van der Waals surface area (Å²) in [6.45, 7) is 12.6. The SMILES string of the molecule is CCN(CC)CC.CCN1C(=O)C(=C2C=Cc3ccccc3N2CCCS(=O)(=O)O)OC1=S. The van der Waals surface area contributed by atoms with E-state index in [1.165, 1.54) is 24.5 Å². The number of hydrogen-bond acceptors (Lipinski definition) is 7. The third-order valence-corrected chi connectivity index (χ3v) is 6.57. The van der Waals surface area contributed by atoms with Crippen LogP contribution in [0.4, 0.5) is 5.69 Å². The molecule has 33 heavy (non-hydrogen) atoms. The molecule has 1 amide bonds. The maximum absolute atomic E-state index is 12.6. The van der Waals surface area contributed by atoms with Crippen LogP contribution in [0.3, 0.4) is 0 Å². The molecule has 0 aliphatic carbocycles. The van der Waals surface area contributed by atoms with Crippen molar-refractivity contribution < 1.29 is 22.5 Å². The van der Waals surface area contributed by atoms with Gasteiger partial charge in [-0.1, -0.05) is 45.0 Å². The van der Waals surface area contributed by atoms with Crippen molar-refractivity contribution in [2.75, 3.05) is 43.4 Å². The van der Waals surface area contributed by atoms with E-state index in [9.17, 15) is 13.2 Å². The zero-order valence-corrected chi connectivity index (χ0v) is 21.3. The van der Waals surface area contributed by atoms with Gasteiger partial charge in [-0.25, -0.2) is 0 Å². The minimum Gasteiger partial charge on any atom is -0.423 e. The lowest BCUT2D eigenvalue weighted by Gasteiger charge is -2.30. The first-order valence-corrected chi connectivity index (χ1v) is 13.2. The molecule has 1 N–H and O–H groups in total. The van der Waals surface area contributed by atoms with Crippen LogP contribution in [-0.4, -0.2) is 72.3 Å². The quantitative estimate of drug-likeness (QED) is 0.333.